The van der Waals surface area contributed by atoms with Gasteiger partial charge in [0.25, 0.3) is 5.78 Å². The van der Waals surface area contributed by atoms with Gasteiger partial charge in [-0.25, -0.2) is 0 Å². The zero-order chi connectivity index (χ0) is 19.5. The summed E-state index contributed by atoms with van der Waals surface area (Å²) < 4.78 is 1.95. The van der Waals surface area contributed by atoms with E-state index in [1.54, 1.807) is 6.33 Å². The number of amides is 1. The number of fused-ring (bicyclic) bond motifs is 1. The fourth-order valence-corrected chi connectivity index (χ4v) is 3.79. The number of hydrogen-bond acceptors (Lipinski definition) is 5. The van der Waals surface area contributed by atoms with Crippen molar-refractivity contribution < 1.29 is 4.79 Å². The topological polar surface area (TPSA) is 66.6 Å². The fourth-order valence-electron chi connectivity index (χ4n) is 3.79. The summed E-state index contributed by atoms with van der Waals surface area (Å²) in [6, 6.07) is 12.1. The van der Waals surface area contributed by atoms with Crippen LogP contribution in [0, 0.1) is 0 Å². The fraction of sp³-hybridized carbons (Fsp3) is 0.429. The standard InChI is InChI=1S/C21H26N6O/c1-3-7-18-14-19(23-21-24-22-15-27(18)21)25-10-12-26(13-11-25)20(28)16(2)17-8-5-4-6-9-17/h4-6,8-9,14-16H,3,7,10-13H2,1-2H3/t16-/m0/s1. The van der Waals surface area contributed by atoms with Gasteiger partial charge in [0.15, 0.2) is 0 Å². The van der Waals surface area contributed by atoms with Crippen LogP contribution in [-0.2, 0) is 11.2 Å². The lowest BCUT2D eigenvalue weighted by Crippen LogP contribution is -2.50. The second-order valence-corrected chi connectivity index (χ2v) is 7.30. The van der Waals surface area contributed by atoms with Gasteiger partial charge in [-0.3, -0.25) is 9.20 Å². The molecule has 0 spiro atoms. The molecule has 0 N–H and O–H groups in total. The van der Waals surface area contributed by atoms with Crippen molar-refractivity contribution in [3.63, 3.8) is 0 Å². The molecular formula is C21H26N6O. The molecule has 4 rings (SSSR count). The molecule has 1 aliphatic heterocycles. The maximum absolute atomic E-state index is 12.9. The first-order chi connectivity index (χ1) is 13.7. The molecule has 1 saturated heterocycles. The number of carbonyl (C=O) groups excluding carboxylic acids is 1. The molecule has 1 aromatic carbocycles. The Labute approximate surface area is 165 Å². The van der Waals surface area contributed by atoms with E-state index in [1.807, 2.05) is 46.6 Å². The maximum Gasteiger partial charge on any atom is 0.256 e. The molecule has 0 unspecified atom stereocenters. The molecule has 3 aromatic rings. The summed E-state index contributed by atoms with van der Waals surface area (Å²) in [7, 11) is 0. The van der Waals surface area contributed by atoms with E-state index in [4.69, 9.17) is 0 Å². The summed E-state index contributed by atoms with van der Waals surface area (Å²) in [5.41, 5.74) is 2.24. The second-order valence-electron chi connectivity index (χ2n) is 7.30. The third kappa shape index (κ3) is 3.56. The van der Waals surface area contributed by atoms with Crippen molar-refractivity contribution in [3.8, 4) is 0 Å². The van der Waals surface area contributed by atoms with Gasteiger partial charge in [-0.1, -0.05) is 43.7 Å². The Morgan fingerprint density at radius 3 is 2.61 bits per heavy atom. The molecule has 2 aromatic heterocycles. The molecule has 146 valence electrons. The molecular weight excluding hydrogens is 352 g/mol. The molecule has 0 bridgehead atoms. The van der Waals surface area contributed by atoms with Crippen LogP contribution in [0.5, 0.6) is 0 Å². The van der Waals surface area contributed by atoms with Gasteiger partial charge < -0.3 is 9.80 Å². The van der Waals surface area contributed by atoms with Gasteiger partial charge in [-0.15, -0.1) is 10.2 Å². The predicted molar refractivity (Wildman–Crippen MR) is 108 cm³/mol. The Kier molecular flexibility index (Phi) is 5.23. The molecule has 1 atom stereocenters. The number of aromatic nitrogens is 4. The van der Waals surface area contributed by atoms with Gasteiger partial charge in [0, 0.05) is 37.9 Å². The lowest BCUT2D eigenvalue weighted by molar-refractivity contribution is -0.132. The molecule has 7 heteroatoms. The van der Waals surface area contributed by atoms with Crippen LogP contribution in [0.15, 0.2) is 42.7 Å². The molecule has 1 amide bonds. The van der Waals surface area contributed by atoms with Crippen LogP contribution < -0.4 is 4.90 Å². The van der Waals surface area contributed by atoms with E-state index >= 15 is 0 Å². The normalized spacial score (nSPS) is 15.8. The number of nitrogens with zero attached hydrogens (tertiary/aromatic N) is 6. The third-order valence-corrected chi connectivity index (χ3v) is 5.44. The van der Waals surface area contributed by atoms with Gasteiger partial charge in [-0.05, 0) is 18.9 Å². The largest absolute Gasteiger partial charge is 0.353 e. The van der Waals surface area contributed by atoms with Crippen molar-refractivity contribution >= 4 is 17.5 Å². The van der Waals surface area contributed by atoms with Gasteiger partial charge in [-0.2, -0.15) is 4.98 Å². The number of aryl methyl sites for hydroxylation is 1. The van der Waals surface area contributed by atoms with E-state index in [9.17, 15) is 4.79 Å². The Balaban J connectivity index is 1.45. The number of benzene rings is 1. The summed E-state index contributed by atoms with van der Waals surface area (Å²) in [6.45, 7) is 7.11. The highest BCUT2D eigenvalue weighted by molar-refractivity contribution is 5.83. The smallest absolute Gasteiger partial charge is 0.256 e. The average molecular weight is 378 g/mol. The van der Waals surface area contributed by atoms with Crippen molar-refractivity contribution in [2.75, 3.05) is 31.1 Å². The Bertz CT molecular complexity index is 946. The summed E-state index contributed by atoms with van der Waals surface area (Å²) in [4.78, 5) is 21.8. The van der Waals surface area contributed by atoms with E-state index in [0.717, 1.165) is 37.3 Å². The lowest BCUT2D eigenvalue weighted by Gasteiger charge is -2.36. The SMILES string of the molecule is CCCc1cc(N2CCN(C(=O)[C@@H](C)c3ccccc3)CC2)nc2nncn12. The van der Waals surface area contributed by atoms with Gasteiger partial charge in [0.05, 0.1) is 5.92 Å². The average Bonchev–Trinajstić information content (AvgIpc) is 3.23. The van der Waals surface area contributed by atoms with Crippen molar-refractivity contribution in [1.29, 1.82) is 0 Å². The predicted octanol–water partition coefficient (Wildman–Crippen LogP) is 2.53. The van der Waals surface area contributed by atoms with Crippen molar-refractivity contribution in [3.05, 3.63) is 54.0 Å². The molecule has 7 nitrogen and oxygen atoms in total. The highest BCUT2D eigenvalue weighted by atomic mass is 16.2. The second kappa shape index (κ2) is 7.96. The zero-order valence-electron chi connectivity index (χ0n) is 16.5. The Morgan fingerprint density at radius 1 is 1.14 bits per heavy atom. The van der Waals surface area contributed by atoms with Crippen LogP contribution in [-0.4, -0.2) is 56.6 Å². The minimum Gasteiger partial charge on any atom is -0.353 e. The molecule has 0 aliphatic carbocycles. The minimum absolute atomic E-state index is 0.116. The van der Waals surface area contributed by atoms with Crippen LogP contribution in [0.1, 0.15) is 37.4 Å². The van der Waals surface area contributed by atoms with E-state index in [2.05, 4.69) is 33.1 Å². The van der Waals surface area contributed by atoms with Crippen LogP contribution >= 0.6 is 0 Å². The van der Waals surface area contributed by atoms with E-state index in [0.29, 0.717) is 18.9 Å². The van der Waals surface area contributed by atoms with E-state index < -0.39 is 0 Å². The first-order valence-corrected chi connectivity index (χ1v) is 9.95. The van der Waals surface area contributed by atoms with Crippen molar-refractivity contribution in [2.45, 2.75) is 32.6 Å². The maximum atomic E-state index is 12.9. The van der Waals surface area contributed by atoms with E-state index in [-0.39, 0.29) is 11.8 Å². The monoisotopic (exact) mass is 378 g/mol. The molecule has 1 aliphatic rings. The summed E-state index contributed by atoms with van der Waals surface area (Å²) >= 11 is 0. The summed E-state index contributed by atoms with van der Waals surface area (Å²) in [5, 5.41) is 8.12. The van der Waals surface area contributed by atoms with Crippen LogP contribution in [0.4, 0.5) is 5.82 Å². The highest BCUT2D eigenvalue weighted by Gasteiger charge is 2.26. The molecule has 1 fully saturated rings. The van der Waals surface area contributed by atoms with Crippen LogP contribution in [0.25, 0.3) is 5.78 Å². The first kappa shape index (κ1) is 18.4. The number of carbonyl (C=O) groups is 1. The Hall–Kier alpha value is -2.96. The first-order valence-electron chi connectivity index (χ1n) is 9.95. The van der Waals surface area contributed by atoms with Crippen molar-refractivity contribution in [1.82, 2.24) is 24.5 Å². The third-order valence-electron chi connectivity index (χ3n) is 5.44. The van der Waals surface area contributed by atoms with Crippen LogP contribution in [0.2, 0.25) is 0 Å². The van der Waals surface area contributed by atoms with Crippen molar-refractivity contribution in [2.24, 2.45) is 0 Å². The van der Waals surface area contributed by atoms with Gasteiger partial charge in [0.2, 0.25) is 5.91 Å². The van der Waals surface area contributed by atoms with Crippen LogP contribution in [0.3, 0.4) is 0 Å². The lowest BCUT2D eigenvalue weighted by atomic mass is 9.99. The van der Waals surface area contributed by atoms with Gasteiger partial charge in [0.1, 0.15) is 12.1 Å². The molecule has 28 heavy (non-hydrogen) atoms. The summed E-state index contributed by atoms with van der Waals surface area (Å²) in [5.74, 6) is 1.64. The quantitative estimate of drug-likeness (QED) is 0.683. The molecule has 3 heterocycles. The highest BCUT2D eigenvalue weighted by Crippen LogP contribution is 2.21. The number of rotatable bonds is 5. The number of piperazine rings is 1. The Morgan fingerprint density at radius 2 is 1.89 bits per heavy atom. The molecule has 0 radical (unpaired) electrons. The number of anilines is 1. The molecule has 0 saturated carbocycles. The number of hydrogen-bond donors (Lipinski definition) is 0. The zero-order valence-corrected chi connectivity index (χ0v) is 16.5. The summed E-state index contributed by atoms with van der Waals surface area (Å²) in [6.07, 6.45) is 3.73. The minimum atomic E-state index is -0.116. The van der Waals surface area contributed by atoms with E-state index in [1.165, 1.54) is 5.69 Å². The van der Waals surface area contributed by atoms with Gasteiger partial charge >= 0.3 is 0 Å².